The number of aryl methyl sites for hydroxylation is 1. The van der Waals surface area contributed by atoms with Crippen molar-refractivity contribution in [3.63, 3.8) is 0 Å². The van der Waals surface area contributed by atoms with Crippen LogP contribution in [0.3, 0.4) is 0 Å². The van der Waals surface area contributed by atoms with Crippen molar-refractivity contribution in [2.75, 3.05) is 7.05 Å². The van der Waals surface area contributed by atoms with Gasteiger partial charge in [-0.05, 0) is 31.9 Å². The predicted molar refractivity (Wildman–Crippen MR) is 81.4 cm³/mol. The van der Waals surface area contributed by atoms with Crippen LogP contribution in [-0.4, -0.2) is 32.8 Å². The van der Waals surface area contributed by atoms with Crippen molar-refractivity contribution >= 4 is 5.91 Å². The van der Waals surface area contributed by atoms with Crippen molar-refractivity contribution in [3.8, 4) is 0 Å². The molecule has 3 rings (SSSR count). The molecule has 0 radical (unpaired) electrons. The zero-order chi connectivity index (χ0) is 15.5. The summed E-state index contributed by atoms with van der Waals surface area (Å²) in [6.07, 6.45) is 7.78. The molecule has 0 bridgehead atoms. The number of carbonyl (C=O) groups is 1. The summed E-state index contributed by atoms with van der Waals surface area (Å²) in [5, 5.41) is 8.20. The lowest BCUT2D eigenvalue weighted by Gasteiger charge is -2.21. The van der Waals surface area contributed by atoms with Crippen LogP contribution in [-0.2, 0) is 6.54 Å². The summed E-state index contributed by atoms with van der Waals surface area (Å²) < 4.78 is 7.36. The summed E-state index contributed by atoms with van der Waals surface area (Å²) in [4.78, 5) is 14.0. The third kappa shape index (κ3) is 3.21. The molecular formula is C16H22N4O2. The van der Waals surface area contributed by atoms with E-state index in [1.165, 1.54) is 19.3 Å². The Balaban J connectivity index is 1.65. The van der Waals surface area contributed by atoms with Crippen molar-refractivity contribution in [2.45, 2.75) is 51.6 Å². The van der Waals surface area contributed by atoms with E-state index < -0.39 is 0 Å². The summed E-state index contributed by atoms with van der Waals surface area (Å²) in [6.45, 7) is 2.32. The average Bonchev–Trinajstić information content (AvgIpc) is 3.17. The second-order valence-electron chi connectivity index (χ2n) is 6.05. The van der Waals surface area contributed by atoms with Crippen LogP contribution in [0.2, 0.25) is 0 Å². The van der Waals surface area contributed by atoms with Crippen LogP contribution in [0.4, 0.5) is 0 Å². The molecule has 1 aliphatic rings. The molecule has 2 heterocycles. The fourth-order valence-corrected chi connectivity index (χ4v) is 2.97. The fraction of sp³-hybridized carbons (Fsp3) is 0.562. The molecule has 0 spiro atoms. The molecule has 0 aliphatic heterocycles. The molecule has 0 saturated heterocycles. The van der Waals surface area contributed by atoms with Crippen molar-refractivity contribution in [3.05, 3.63) is 35.5 Å². The highest BCUT2D eigenvalue weighted by atomic mass is 16.3. The van der Waals surface area contributed by atoms with E-state index in [9.17, 15) is 4.79 Å². The molecule has 1 fully saturated rings. The lowest BCUT2D eigenvalue weighted by atomic mass is 9.96. The maximum atomic E-state index is 12.4. The second-order valence-corrected chi connectivity index (χ2v) is 6.05. The molecule has 0 N–H and O–H groups in total. The van der Waals surface area contributed by atoms with E-state index in [0.29, 0.717) is 18.3 Å². The maximum Gasteiger partial charge on any atom is 0.276 e. The number of carbonyl (C=O) groups excluding carboxylic acids is 1. The Morgan fingerprint density at radius 2 is 2.14 bits per heavy atom. The molecule has 6 heteroatoms. The first-order chi connectivity index (χ1) is 10.6. The summed E-state index contributed by atoms with van der Waals surface area (Å²) >= 11 is 0. The number of nitrogens with zero attached hydrogens (tertiary/aromatic N) is 4. The zero-order valence-electron chi connectivity index (χ0n) is 13.2. The van der Waals surface area contributed by atoms with E-state index in [1.54, 1.807) is 18.1 Å². The van der Waals surface area contributed by atoms with Crippen molar-refractivity contribution < 1.29 is 9.21 Å². The minimum absolute atomic E-state index is 0.129. The van der Waals surface area contributed by atoms with E-state index >= 15 is 0 Å². The third-order valence-corrected chi connectivity index (χ3v) is 4.21. The molecule has 0 atom stereocenters. The van der Waals surface area contributed by atoms with E-state index in [1.807, 2.05) is 23.7 Å². The lowest BCUT2D eigenvalue weighted by Crippen LogP contribution is -2.26. The molecule has 6 nitrogen and oxygen atoms in total. The molecule has 1 amide bonds. The molecule has 1 aliphatic carbocycles. The summed E-state index contributed by atoms with van der Waals surface area (Å²) in [7, 11) is 1.75. The summed E-state index contributed by atoms with van der Waals surface area (Å²) in [5.74, 6) is 1.49. The van der Waals surface area contributed by atoms with Gasteiger partial charge in [-0.1, -0.05) is 24.5 Å². The number of hydrogen-bond donors (Lipinski definition) is 0. The molecule has 2 aromatic heterocycles. The quantitative estimate of drug-likeness (QED) is 0.871. The average molecular weight is 302 g/mol. The van der Waals surface area contributed by atoms with Gasteiger partial charge in [-0.25, -0.2) is 4.68 Å². The highest BCUT2D eigenvalue weighted by Crippen LogP contribution is 2.27. The van der Waals surface area contributed by atoms with Crippen molar-refractivity contribution in [1.82, 2.24) is 19.9 Å². The van der Waals surface area contributed by atoms with Crippen molar-refractivity contribution in [1.29, 1.82) is 0 Å². The summed E-state index contributed by atoms with van der Waals surface area (Å²) in [5.41, 5.74) is 0.399. The Bertz CT molecular complexity index is 640. The van der Waals surface area contributed by atoms with Gasteiger partial charge in [0.05, 0.1) is 18.8 Å². The Labute approximate surface area is 130 Å². The first kappa shape index (κ1) is 14.8. The molecule has 118 valence electrons. The van der Waals surface area contributed by atoms with Crippen molar-refractivity contribution in [2.24, 2.45) is 0 Å². The van der Waals surface area contributed by atoms with E-state index in [-0.39, 0.29) is 5.91 Å². The third-order valence-electron chi connectivity index (χ3n) is 4.21. The Morgan fingerprint density at radius 1 is 1.36 bits per heavy atom. The minimum atomic E-state index is -0.129. The number of rotatable bonds is 4. The Hall–Kier alpha value is -2.11. The zero-order valence-corrected chi connectivity index (χ0v) is 13.2. The highest BCUT2D eigenvalue weighted by Gasteiger charge is 2.21. The van der Waals surface area contributed by atoms with Gasteiger partial charge in [0, 0.05) is 7.05 Å². The number of furan rings is 1. The molecule has 0 unspecified atom stereocenters. The molecule has 2 aromatic rings. The van der Waals surface area contributed by atoms with Gasteiger partial charge in [-0.15, -0.1) is 5.10 Å². The van der Waals surface area contributed by atoms with E-state index in [0.717, 1.165) is 24.4 Å². The van der Waals surface area contributed by atoms with Gasteiger partial charge < -0.3 is 9.32 Å². The van der Waals surface area contributed by atoms with Gasteiger partial charge in [0.2, 0.25) is 0 Å². The van der Waals surface area contributed by atoms with Crippen LogP contribution >= 0.6 is 0 Å². The van der Waals surface area contributed by atoms with Gasteiger partial charge in [-0.2, -0.15) is 0 Å². The topological polar surface area (TPSA) is 64.2 Å². The molecular weight excluding hydrogens is 280 g/mol. The van der Waals surface area contributed by atoms with Gasteiger partial charge >= 0.3 is 0 Å². The van der Waals surface area contributed by atoms with Crippen LogP contribution in [0.25, 0.3) is 0 Å². The predicted octanol–water partition coefficient (Wildman–Crippen LogP) is 2.96. The number of hydrogen-bond acceptors (Lipinski definition) is 4. The Morgan fingerprint density at radius 3 is 2.82 bits per heavy atom. The van der Waals surface area contributed by atoms with Crippen LogP contribution in [0.15, 0.2) is 22.7 Å². The highest BCUT2D eigenvalue weighted by molar-refractivity contribution is 5.91. The largest absolute Gasteiger partial charge is 0.464 e. The standard InChI is InChI=1S/C16H22N4O2/c1-12-8-9-14(22-12)10-19(2)16(21)15-11-20(18-17-15)13-6-4-3-5-7-13/h8-9,11,13H,3-7,10H2,1-2H3. The molecule has 22 heavy (non-hydrogen) atoms. The van der Waals surface area contributed by atoms with E-state index in [2.05, 4.69) is 10.3 Å². The summed E-state index contributed by atoms with van der Waals surface area (Å²) in [6, 6.07) is 4.17. The van der Waals surface area contributed by atoms with Gasteiger partial charge in [0.25, 0.3) is 5.91 Å². The molecule has 0 aromatic carbocycles. The van der Waals surface area contributed by atoms with E-state index in [4.69, 9.17) is 4.42 Å². The van der Waals surface area contributed by atoms with Gasteiger partial charge in [0.1, 0.15) is 11.5 Å². The van der Waals surface area contributed by atoms with Crippen LogP contribution in [0, 0.1) is 6.92 Å². The fourth-order valence-electron chi connectivity index (χ4n) is 2.97. The number of amides is 1. The SMILES string of the molecule is Cc1ccc(CN(C)C(=O)c2cn(C3CCCCC3)nn2)o1. The van der Waals surface area contributed by atoms with Crippen LogP contribution in [0.5, 0.6) is 0 Å². The van der Waals surface area contributed by atoms with Crippen LogP contribution < -0.4 is 0 Å². The maximum absolute atomic E-state index is 12.4. The van der Waals surface area contributed by atoms with Crippen LogP contribution in [0.1, 0.15) is 60.2 Å². The number of aromatic nitrogens is 3. The Kier molecular flexibility index (Phi) is 4.27. The minimum Gasteiger partial charge on any atom is -0.464 e. The second kappa shape index (κ2) is 6.34. The van der Waals surface area contributed by atoms with Gasteiger partial charge in [0.15, 0.2) is 5.69 Å². The first-order valence-electron chi connectivity index (χ1n) is 7.86. The van der Waals surface area contributed by atoms with Gasteiger partial charge in [-0.3, -0.25) is 4.79 Å². The lowest BCUT2D eigenvalue weighted by molar-refractivity contribution is 0.0769. The first-order valence-corrected chi connectivity index (χ1v) is 7.86. The monoisotopic (exact) mass is 302 g/mol. The normalized spacial score (nSPS) is 15.9. The molecule has 1 saturated carbocycles. The smallest absolute Gasteiger partial charge is 0.276 e.